The number of aliphatic hydroxyl groups is 1. The molecule has 0 radical (unpaired) electrons. The monoisotopic (exact) mass is 345 g/mol. The number of anilines is 1. The summed E-state index contributed by atoms with van der Waals surface area (Å²) in [4.78, 5) is 18.7. The second kappa shape index (κ2) is 6.53. The Labute approximate surface area is 146 Å². The second-order valence-corrected chi connectivity index (χ2v) is 7.83. The largest absolute Gasteiger partial charge is 0.388 e. The first kappa shape index (κ1) is 16.9. The Balaban J connectivity index is 1.68. The number of rotatable bonds is 3. The van der Waals surface area contributed by atoms with E-state index in [4.69, 9.17) is 0 Å². The number of nitrogens with one attached hydrogen (secondary N) is 1. The van der Waals surface area contributed by atoms with Crippen LogP contribution in [-0.2, 0) is 0 Å². The van der Waals surface area contributed by atoms with Gasteiger partial charge in [-0.05, 0) is 45.7 Å². The van der Waals surface area contributed by atoms with Gasteiger partial charge in [0.1, 0.15) is 0 Å². The number of carbonyl (C=O) groups is 1. The van der Waals surface area contributed by atoms with Gasteiger partial charge in [-0.25, -0.2) is 9.78 Å². The van der Waals surface area contributed by atoms with Crippen molar-refractivity contribution in [1.82, 2.24) is 9.88 Å². The highest BCUT2D eigenvalue weighted by molar-refractivity contribution is 7.09. The van der Waals surface area contributed by atoms with Crippen LogP contribution in [0.1, 0.15) is 31.7 Å². The zero-order valence-corrected chi connectivity index (χ0v) is 15.1. The Bertz CT molecular complexity index is 719. The first-order valence-electron chi connectivity index (χ1n) is 8.17. The number of carbonyl (C=O) groups excluding carboxylic acids is 1. The van der Waals surface area contributed by atoms with Crippen molar-refractivity contribution in [2.24, 2.45) is 0 Å². The van der Waals surface area contributed by atoms with Gasteiger partial charge in [0.2, 0.25) is 0 Å². The third-order valence-corrected chi connectivity index (χ3v) is 5.15. The van der Waals surface area contributed by atoms with Gasteiger partial charge < -0.3 is 15.3 Å². The topological polar surface area (TPSA) is 65.5 Å². The number of likely N-dealkylation sites (tertiary alicyclic amines) is 1. The molecule has 0 spiro atoms. The molecular formula is C18H23N3O2S. The maximum atomic E-state index is 12.5. The summed E-state index contributed by atoms with van der Waals surface area (Å²) >= 11 is 1.62. The van der Waals surface area contributed by atoms with Gasteiger partial charge in [0.05, 0.1) is 22.3 Å². The van der Waals surface area contributed by atoms with E-state index in [9.17, 15) is 9.90 Å². The molecule has 3 rings (SSSR count). The van der Waals surface area contributed by atoms with Gasteiger partial charge in [-0.1, -0.05) is 12.1 Å². The van der Waals surface area contributed by atoms with Gasteiger partial charge in [-0.15, -0.1) is 11.3 Å². The second-order valence-electron chi connectivity index (χ2n) is 6.76. The molecule has 2 amide bonds. The molecule has 0 saturated carbocycles. The van der Waals surface area contributed by atoms with Crippen LogP contribution in [0.5, 0.6) is 0 Å². The van der Waals surface area contributed by atoms with E-state index in [1.54, 1.807) is 30.1 Å². The predicted molar refractivity (Wildman–Crippen MR) is 97.3 cm³/mol. The van der Waals surface area contributed by atoms with Crippen molar-refractivity contribution < 1.29 is 9.90 Å². The molecule has 1 aliphatic heterocycles. The number of aryl methyl sites for hydroxylation is 1. The van der Waals surface area contributed by atoms with E-state index in [1.165, 1.54) is 0 Å². The minimum atomic E-state index is -0.889. The lowest BCUT2D eigenvalue weighted by molar-refractivity contribution is 0.0117. The van der Waals surface area contributed by atoms with Gasteiger partial charge in [-0.2, -0.15) is 0 Å². The van der Waals surface area contributed by atoms with E-state index >= 15 is 0 Å². The summed E-state index contributed by atoms with van der Waals surface area (Å²) < 4.78 is 0. The molecule has 6 heteroatoms. The van der Waals surface area contributed by atoms with Crippen molar-refractivity contribution in [3.63, 3.8) is 0 Å². The Morgan fingerprint density at radius 3 is 2.67 bits per heavy atom. The molecule has 1 fully saturated rings. The number of amides is 2. The van der Waals surface area contributed by atoms with Crippen molar-refractivity contribution in [3.05, 3.63) is 34.7 Å². The fourth-order valence-electron chi connectivity index (χ4n) is 3.16. The summed E-state index contributed by atoms with van der Waals surface area (Å²) in [6.45, 7) is 6.18. The van der Waals surface area contributed by atoms with E-state index in [2.05, 4.69) is 10.3 Å². The van der Waals surface area contributed by atoms with Gasteiger partial charge in [0, 0.05) is 23.2 Å². The summed E-state index contributed by atoms with van der Waals surface area (Å²) in [5, 5.41) is 16.2. The molecular weight excluding hydrogens is 322 g/mol. The van der Waals surface area contributed by atoms with E-state index in [1.807, 2.05) is 36.6 Å². The average Bonchev–Trinajstić information content (AvgIpc) is 3.16. The molecule has 1 saturated heterocycles. The standard InChI is InChI=1S/C18H23N3O2S/c1-12-19-15(11-24-12)13-6-8-14(9-7-13)20-17(22)21-10-4-5-16(21)18(2,3)23/h6-9,11,16,23H,4-5,10H2,1-3H3,(H,20,22). The number of hydrogen-bond donors (Lipinski definition) is 2. The zero-order chi connectivity index (χ0) is 17.3. The molecule has 1 aromatic heterocycles. The zero-order valence-electron chi connectivity index (χ0n) is 14.2. The SMILES string of the molecule is Cc1nc(-c2ccc(NC(=O)N3CCCC3C(C)(C)O)cc2)cs1. The van der Waals surface area contributed by atoms with Crippen LogP contribution >= 0.6 is 11.3 Å². The van der Waals surface area contributed by atoms with E-state index in [0.717, 1.165) is 34.8 Å². The third-order valence-electron chi connectivity index (χ3n) is 4.38. The van der Waals surface area contributed by atoms with Crippen LogP contribution in [0.4, 0.5) is 10.5 Å². The highest BCUT2D eigenvalue weighted by atomic mass is 32.1. The first-order chi connectivity index (χ1) is 11.3. The number of benzene rings is 1. The van der Waals surface area contributed by atoms with Crippen molar-refractivity contribution in [1.29, 1.82) is 0 Å². The number of aromatic nitrogens is 1. The molecule has 0 aliphatic carbocycles. The molecule has 5 nitrogen and oxygen atoms in total. The number of nitrogens with zero attached hydrogens (tertiary/aromatic N) is 2. The van der Waals surface area contributed by atoms with Gasteiger partial charge in [0.25, 0.3) is 0 Å². The lowest BCUT2D eigenvalue weighted by Gasteiger charge is -2.33. The molecule has 1 aliphatic rings. The summed E-state index contributed by atoms with van der Waals surface area (Å²) in [7, 11) is 0. The quantitative estimate of drug-likeness (QED) is 0.887. The summed E-state index contributed by atoms with van der Waals surface area (Å²) in [6, 6.07) is 7.39. The fourth-order valence-corrected chi connectivity index (χ4v) is 3.78. The summed E-state index contributed by atoms with van der Waals surface area (Å²) in [5.74, 6) is 0. The lowest BCUT2D eigenvalue weighted by Crippen LogP contribution is -2.49. The third kappa shape index (κ3) is 3.60. The normalized spacial score (nSPS) is 18.0. The molecule has 2 N–H and O–H groups in total. The maximum Gasteiger partial charge on any atom is 0.322 e. The van der Waals surface area contributed by atoms with Crippen LogP contribution in [0.15, 0.2) is 29.6 Å². The highest BCUT2D eigenvalue weighted by Gasteiger charge is 2.38. The summed E-state index contributed by atoms with van der Waals surface area (Å²) in [5.41, 5.74) is 1.85. The Kier molecular flexibility index (Phi) is 4.60. The van der Waals surface area contributed by atoms with Crippen molar-refractivity contribution in [2.45, 2.75) is 45.3 Å². The molecule has 128 valence electrons. The number of thiazole rings is 1. The highest BCUT2D eigenvalue weighted by Crippen LogP contribution is 2.28. The molecule has 1 unspecified atom stereocenters. The number of hydrogen-bond acceptors (Lipinski definition) is 4. The van der Waals surface area contributed by atoms with Crippen LogP contribution in [0.3, 0.4) is 0 Å². The van der Waals surface area contributed by atoms with Crippen LogP contribution < -0.4 is 5.32 Å². The predicted octanol–water partition coefficient (Wildman–Crippen LogP) is 3.89. The minimum absolute atomic E-state index is 0.144. The molecule has 2 heterocycles. The van der Waals surface area contributed by atoms with Crippen molar-refractivity contribution >= 4 is 23.1 Å². The molecule has 24 heavy (non-hydrogen) atoms. The van der Waals surface area contributed by atoms with Gasteiger partial charge in [0.15, 0.2) is 0 Å². The molecule has 1 aromatic carbocycles. The first-order valence-corrected chi connectivity index (χ1v) is 9.05. The Hall–Kier alpha value is -1.92. The van der Waals surface area contributed by atoms with Crippen LogP contribution in [0.2, 0.25) is 0 Å². The molecule has 2 aromatic rings. The lowest BCUT2D eigenvalue weighted by atomic mass is 9.97. The van der Waals surface area contributed by atoms with E-state index < -0.39 is 5.60 Å². The van der Waals surface area contributed by atoms with Crippen molar-refractivity contribution in [2.75, 3.05) is 11.9 Å². The molecule has 1 atom stereocenters. The van der Waals surface area contributed by atoms with E-state index in [0.29, 0.717) is 6.54 Å². The molecule has 0 bridgehead atoms. The van der Waals surface area contributed by atoms with Crippen LogP contribution in [0.25, 0.3) is 11.3 Å². The Morgan fingerprint density at radius 2 is 2.08 bits per heavy atom. The smallest absolute Gasteiger partial charge is 0.322 e. The maximum absolute atomic E-state index is 12.5. The summed E-state index contributed by atoms with van der Waals surface area (Å²) in [6.07, 6.45) is 1.75. The van der Waals surface area contributed by atoms with E-state index in [-0.39, 0.29) is 12.1 Å². The van der Waals surface area contributed by atoms with Gasteiger partial charge >= 0.3 is 6.03 Å². The fraction of sp³-hybridized carbons (Fsp3) is 0.444. The van der Waals surface area contributed by atoms with Crippen molar-refractivity contribution in [3.8, 4) is 11.3 Å². The van der Waals surface area contributed by atoms with Gasteiger partial charge in [-0.3, -0.25) is 0 Å². The number of urea groups is 1. The average molecular weight is 345 g/mol. The van der Waals surface area contributed by atoms with Crippen LogP contribution in [0, 0.1) is 6.92 Å². The minimum Gasteiger partial charge on any atom is -0.388 e. The Morgan fingerprint density at radius 1 is 1.38 bits per heavy atom. The van der Waals surface area contributed by atoms with Crippen LogP contribution in [-0.4, -0.2) is 39.2 Å².